The summed E-state index contributed by atoms with van der Waals surface area (Å²) in [6.45, 7) is 2.66. The number of anilines is 1. The number of hydrogen-bond acceptors (Lipinski definition) is 5. The molecule has 96 valence electrons. The van der Waals surface area contributed by atoms with Crippen molar-refractivity contribution >= 4 is 16.7 Å². The summed E-state index contributed by atoms with van der Waals surface area (Å²) in [7, 11) is 0. The average Bonchev–Trinajstić information content (AvgIpc) is 2.85. The van der Waals surface area contributed by atoms with E-state index in [1.165, 1.54) is 17.1 Å². The largest absolute Gasteiger partial charge is 0.352 e. The lowest BCUT2D eigenvalue weighted by Gasteiger charge is -2.15. The van der Waals surface area contributed by atoms with E-state index in [1.54, 1.807) is 0 Å². The van der Waals surface area contributed by atoms with Crippen LogP contribution in [0.5, 0.6) is 0 Å². The molecule has 0 bridgehead atoms. The van der Waals surface area contributed by atoms with Gasteiger partial charge in [-0.1, -0.05) is 37.3 Å². The lowest BCUT2D eigenvalue weighted by atomic mass is 10.1. The summed E-state index contributed by atoms with van der Waals surface area (Å²) in [4.78, 5) is 4.45. The van der Waals surface area contributed by atoms with Crippen molar-refractivity contribution in [3.05, 3.63) is 41.7 Å². The maximum Gasteiger partial charge on any atom is 0.203 e. The van der Waals surface area contributed by atoms with E-state index < -0.39 is 0 Å². The maximum absolute atomic E-state index is 5.81. The fraction of sp³-hybridized carbons (Fsp3) is 0.385. The summed E-state index contributed by atoms with van der Waals surface area (Å²) in [5.41, 5.74) is 6.99. The van der Waals surface area contributed by atoms with Gasteiger partial charge in [-0.25, -0.2) is 4.98 Å². The Morgan fingerprint density at radius 1 is 1.33 bits per heavy atom. The second-order valence-electron chi connectivity index (χ2n) is 4.11. The number of hydrogen-bond donors (Lipinski definition) is 2. The van der Waals surface area contributed by atoms with Crippen LogP contribution in [-0.4, -0.2) is 15.9 Å². The highest BCUT2D eigenvalue weighted by atomic mass is 32.1. The minimum atomic E-state index is 0.0913. The van der Waals surface area contributed by atoms with Crippen LogP contribution in [0.2, 0.25) is 0 Å². The van der Waals surface area contributed by atoms with Crippen molar-refractivity contribution in [2.75, 3.05) is 11.9 Å². The fourth-order valence-corrected chi connectivity index (χ4v) is 2.42. The summed E-state index contributed by atoms with van der Waals surface area (Å²) in [5, 5.41) is 4.19. The van der Waals surface area contributed by atoms with Crippen molar-refractivity contribution in [2.24, 2.45) is 5.73 Å². The van der Waals surface area contributed by atoms with Crippen molar-refractivity contribution in [1.29, 1.82) is 0 Å². The van der Waals surface area contributed by atoms with Crippen LogP contribution in [0.25, 0.3) is 0 Å². The average molecular weight is 262 g/mol. The topological polar surface area (TPSA) is 63.8 Å². The molecule has 0 fully saturated rings. The van der Waals surface area contributed by atoms with Crippen LogP contribution in [0.3, 0.4) is 0 Å². The van der Waals surface area contributed by atoms with Crippen LogP contribution in [0.4, 0.5) is 5.13 Å². The number of nitrogens with zero attached hydrogens (tertiary/aromatic N) is 2. The van der Waals surface area contributed by atoms with Crippen molar-refractivity contribution in [3.8, 4) is 0 Å². The van der Waals surface area contributed by atoms with E-state index in [-0.39, 0.29) is 6.04 Å². The molecule has 1 aromatic heterocycles. The monoisotopic (exact) mass is 262 g/mol. The molecule has 1 atom stereocenters. The van der Waals surface area contributed by atoms with Crippen molar-refractivity contribution in [1.82, 2.24) is 9.36 Å². The molecule has 5 heteroatoms. The highest BCUT2D eigenvalue weighted by molar-refractivity contribution is 7.09. The zero-order valence-corrected chi connectivity index (χ0v) is 11.3. The Kier molecular flexibility index (Phi) is 4.66. The molecule has 0 radical (unpaired) electrons. The van der Waals surface area contributed by atoms with Crippen molar-refractivity contribution in [3.63, 3.8) is 0 Å². The Labute approximate surface area is 111 Å². The van der Waals surface area contributed by atoms with Crippen LogP contribution in [-0.2, 0) is 6.42 Å². The van der Waals surface area contributed by atoms with Crippen molar-refractivity contribution in [2.45, 2.75) is 25.8 Å². The van der Waals surface area contributed by atoms with Gasteiger partial charge in [0.25, 0.3) is 0 Å². The summed E-state index contributed by atoms with van der Waals surface area (Å²) in [5.74, 6) is 0.911. The predicted molar refractivity (Wildman–Crippen MR) is 75.8 cm³/mol. The predicted octanol–water partition coefficient (Wildman–Crippen LogP) is 2.60. The van der Waals surface area contributed by atoms with Crippen LogP contribution in [0.15, 0.2) is 30.3 Å². The zero-order valence-electron chi connectivity index (χ0n) is 10.5. The summed E-state index contributed by atoms with van der Waals surface area (Å²) in [6, 6.07) is 10.3. The number of aryl methyl sites for hydroxylation is 1. The van der Waals surface area contributed by atoms with Gasteiger partial charge in [0.15, 0.2) is 0 Å². The third-order valence-electron chi connectivity index (χ3n) is 2.68. The molecule has 0 spiro atoms. The Balaban J connectivity index is 2.06. The highest BCUT2D eigenvalue weighted by Crippen LogP contribution is 2.20. The highest BCUT2D eigenvalue weighted by Gasteiger charge is 2.11. The van der Waals surface area contributed by atoms with Gasteiger partial charge in [-0.3, -0.25) is 0 Å². The van der Waals surface area contributed by atoms with Gasteiger partial charge in [0, 0.05) is 24.5 Å². The molecular weight excluding hydrogens is 244 g/mol. The molecule has 0 aliphatic rings. The maximum atomic E-state index is 5.81. The molecule has 1 heterocycles. The molecule has 2 rings (SSSR count). The molecule has 18 heavy (non-hydrogen) atoms. The quantitative estimate of drug-likeness (QED) is 0.840. The molecule has 0 aliphatic carbocycles. The molecular formula is C13H18N4S. The third-order valence-corrected chi connectivity index (χ3v) is 3.36. The van der Waals surface area contributed by atoms with Crippen LogP contribution < -0.4 is 11.1 Å². The molecule has 0 saturated heterocycles. The lowest BCUT2D eigenvalue weighted by molar-refractivity contribution is 0.784. The lowest BCUT2D eigenvalue weighted by Crippen LogP contribution is -2.20. The first-order chi connectivity index (χ1) is 8.83. The van der Waals surface area contributed by atoms with Gasteiger partial charge in [-0.2, -0.15) is 4.37 Å². The summed E-state index contributed by atoms with van der Waals surface area (Å²) < 4.78 is 4.31. The van der Waals surface area contributed by atoms with E-state index in [1.807, 2.05) is 18.2 Å². The second-order valence-corrected chi connectivity index (χ2v) is 4.86. The fourth-order valence-electron chi connectivity index (χ4n) is 1.75. The van der Waals surface area contributed by atoms with E-state index in [9.17, 15) is 0 Å². The SMILES string of the molecule is CCCc1nsc(NC(CN)c2ccccc2)n1. The number of benzene rings is 1. The van der Waals surface area contributed by atoms with E-state index in [0.717, 1.165) is 23.8 Å². The molecule has 1 aromatic carbocycles. The Morgan fingerprint density at radius 3 is 2.78 bits per heavy atom. The second kappa shape index (κ2) is 6.47. The molecule has 0 aliphatic heterocycles. The Morgan fingerprint density at radius 2 is 2.11 bits per heavy atom. The Bertz CT molecular complexity index is 469. The van der Waals surface area contributed by atoms with E-state index >= 15 is 0 Å². The molecule has 0 saturated carbocycles. The third kappa shape index (κ3) is 3.27. The number of nitrogens with two attached hydrogens (primary N) is 1. The van der Waals surface area contributed by atoms with Crippen LogP contribution in [0.1, 0.15) is 30.8 Å². The molecule has 2 aromatic rings. The number of aromatic nitrogens is 2. The van der Waals surface area contributed by atoms with Crippen molar-refractivity contribution < 1.29 is 0 Å². The molecule has 0 amide bonds. The van der Waals surface area contributed by atoms with Gasteiger partial charge in [0.1, 0.15) is 5.82 Å². The summed E-state index contributed by atoms with van der Waals surface area (Å²) >= 11 is 1.40. The van der Waals surface area contributed by atoms with E-state index in [0.29, 0.717) is 6.54 Å². The molecule has 3 N–H and O–H groups in total. The first-order valence-corrected chi connectivity index (χ1v) is 6.95. The van der Waals surface area contributed by atoms with Gasteiger partial charge in [0.05, 0.1) is 6.04 Å². The summed E-state index contributed by atoms with van der Waals surface area (Å²) in [6.07, 6.45) is 1.99. The normalized spacial score (nSPS) is 12.3. The van der Waals surface area contributed by atoms with Crippen LogP contribution in [0, 0.1) is 0 Å². The first-order valence-electron chi connectivity index (χ1n) is 6.17. The van der Waals surface area contributed by atoms with E-state index in [2.05, 4.69) is 33.7 Å². The van der Waals surface area contributed by atoms with E-state index in [4.69, 9.17) is 5.73 Å². The standard InChI is InChI=1S/C13H18N4S/c1-2-6-12-16-13(18-17-12)15-11(9-14)10-7-4-3-5-8-10/h3-5,7-8,11H,2,6,9,14H2,1H3,(H,15,16,17). The minimum absolute atomic E-state index is 0.0913. The van der Waals surface area contributed by atoms with Gasteiger partial charge < -0.3 is 11.1 Å². The van der Waals surface area contributed by atoms with Gasteiger partial charge in [-0.05, 0) is 12.0 Å². The number of rotatable bonds is 6. The zero-order chi connectivity index (χ0) is 12.8. The van der Waals surface area contributed by atoms with Gasteiger partial charge >= 0.3 is 0 Å². The molecule has 1 unspecified atom stereocenters. The smallest absolute Gasteiger partial charge is 0.203 e. The Hall–Kier alpha value is -1.46. The van der Waals surface area contributed by atoms with Crippen LogP contribution >= 0.6 is 11.5 Å². The number of nitrogens with one attached hydrogen (secondary N) is 1. The molecule has 4 nitrogen and oxygen atoms in total. The first kappa shape index (κ1) is 13.0. The minimum Gasteiger partial charge on any atom is -0.352 e. The van der Waals surface area contributed by atoms with Gasteiger partial charge in [-0.15, -0.1) is 0 Å². The van der Waals surface area contributed by atoms with Gasteiger partial charge in [0.2, 0.25) is 5.13 Å².